The minimum atomic E-state index is -0.406. The second kappa shape index (κ2) is 6.27. The molecule has 1 aromatic rings. The number of nitrogens with one attached hydrogen (secondary N) is 1. The highest BCUT2D eigenvalue weighted by Gasteiger charge is 2.02. The van der Waals surface area contributed by atoms with E-state index in [0.29, 0.717) is 19.6 Å². The molecule has 0 bridgehead atoms. The number of ether oxygens (including phenoxy) is 1. The van der Waals surface area contributed by atoms with Crippen LogP contribution in [0.25, 0.3) is 0 Å². The molecule has 0 aliphatic rings. The highest BCUT2D eigenvalue weighted by molar-refractivity contribution is 5.51. The lowest BCUT2D eigenvalue weighted by Gasteiger charge is -2.10. The number of hydrogen-bond acceptors (Lipinski definition) is 4. The van der Waals surface area contributed by atoms with Gasteiger partial charge < -0.3 is 20.9 Å². The van der Waals surface area contributed by atoms with Gasteiger partial charge in [-0.15, -0.1) is 0 Å². The van der Waals surface area contributed by atoms with Crippen LogP contribution in [0, 0.1) is 0 Å². The monoisotopic (exact) mass is 210 g/mol. The summed E-state index contributed by atoms with van der Waals surface area (Å²) in [6.45, 7) is 1.10. The van der Waals surface area contributed by atoms with Gasteiger partial charge in [0.1, 0.15) is 0 Å². The normalized spacial score (nSPS) is 12.4. The number of anilines is 2. The van der Waals surface area contributed by atoms with E-state index in [0.717, 1.165) is 11.4 Å². The number of aliphatic hydroxyl groups is 1. The zero-order valence-corrected chi connectivity index (χ0v) is 8.94. The maximum absolute atomic E-state index is 9.39. The molecule has 0 fully saturated rings. The van der Waals surface area contributed by atoms with E-state index in [1.54, 1.807) is 7.11 Å². The van der Waals surface area contributed by atoms with Crippen molar-refractivity contribution < 1.29 is 9.84 Å². The second-order valence-electron chi connectivity index (χ2n) is 3.45. The molecule has 0 aliphatic heterocycles. The number of nitrogen functional groups attached to an aromatic ring is 1. The third-order valence-electron chi connectivity index (χ3n) is 2.08. The first-order valence-electron chi connectivity index (χ1n) is 4.99. The van der Waals surface area contributed by atoms with Gasteiger partial charge in [-0.1, -0.05) is 0 Å². The van der Waals surface area contributed by atoms with Gasteiger partial charge in [0.25, 0.3) is 0 Å². The number of benzene rings is 1. The van der Waals surface area contributed by atoms with E-state index in [2.05, 4.69) is 5.32 Å². The lowest BCUT2D eigenvalue weighted by molar-refractivity contribution is 0.0615. The summed E-state index contributed by atoms with van der Waals surface area (Å²) in [5, 5.41) is 12.6. The Morgan fingerprint density at radius 3 is 2.67 bits per heavy atom. The van der Waals surface area contributed by atoms with E-state index in [1.165, 1.54) is 0 Å². The van der Waals surface area contributed by atoms with E-state index in [-0.39, 0.29) is 0 Å². The van der Waals surface area contributed by atoms with Crippen molar-refractivity contribution in [3.63, 3.8) is 0 Å². The first-order valence-corrected chi connectivity index (χ1v) is 4.99. The minimum Gasteiger partial charge on any atom is -0.399 e. The Kier molecular flexibility index (Phi) is 4.93. The van der Waals surface area contributed by atoms with Crippen LogP contribution in [0.4, 0.5) is 11.4 Å². The van der Waals surface area contributed by atoms with Gasteiger partial charge in [0, 0.05) is 25.0 Å². The average Bonchev–Trinajstić information content (AvgIpc) is 2.21. The van der Waals surface area contributed by atoms with Crippen LogP contribution in [0.15, 0.2) is 24.3 Å². The van der Waals surface area contributed by atoms with E-state index >= 15 is 0 Å². The molecule has 1 aromatic carbocycles. The standard InChI is InChI=1S/C11H18N2O2/c1-15-8-11(14)6-7-13-10-4-2-9(12)3-5-10/h2-5,11,13-14H,6-8,12H2,1H3. The molecule has 1 unspecified atom stereocenters. The van der Waals surface area contributed by atoms with Gasteiger partial charge in [0.15, 0.2) is 0 Å². The molecule has 84 valence electrons. The molecule has 0 heterocycles. The molecule has 0 saturated heterocycles. The summed E-state index contributed by atoms with van der Waals surface area (Å²) in [5.74, 6) is 0. The highest BCUT2D eigenvalue weighted by Crippen LogP contribution is 2.10. The molecule has 4 N–H and O–H groups in total. The topological polar surface area (TPSA) is 67.5 Å². The highest BCUT2D eigenvalue weighted by atomic mass is 16.5. The zero-order valence-electron chi connectivity index (χ0n) is 8.94. The fraction of sp³-hybridized carbons (Fsp3) is 0.455. The van der Waals surface area contributed by atoms with Gasteiger partial charge in [-0.25, -0.2) is 0 Å². The number of rotatable bonds is 6. The van der Waals surface area contributed by atoms with E-state index < -0.39 is 6.10 Å². The molecule has 0 aliphatic carbocycles. The Bertz CT molecular complexity index is 274. The molecule has 0 saturated carbocycles. The van der Waals surface area contributed by atoms with Crippen molar-refractivity contribution in [2.45, 2.75) is 12.5 Å². The summed E-state index contributed by atoms with van der Waals surface area (Å²) in [5.41, 5.74) is 7.32. The maximum Gasteiger partial charge on any atom is 0.0790 e. The third kappa shape index (κ3) is 4.67. The van der Waals surface area contributed by atoms with Crippen LogP contribution in [0.1, 0.15) is 6.42 Å². The molecule has 0 radical (unpaired) electrons. The maximum atomic E-state index is 9.39. The van der Waals surface area contributed by atoms with Crippen molar-refractivity contribution in [2.24, 2.45) is 0 Å². The number of methoxy groups -OCH3 is 1. The van der Waals surface area contributed by atoms with Gasteiger partial charge in [0.2, 0.25) is 0 Å². The first kappa shape index (κ1) is 11.8. The van der Waals surface area contributed by atoms with Gasteiger partial charge in [0.05, 0.1) is 12.7 Å². The van der Waals surface area contributed by atoms with E-state index in [9.17, 15) is 5.11 Å². The van der Waals surface area contributed by atoms with Crippen molar-refractivity contribution in [1.29, 1.82) is 0 Å². The second-order valence-corrected chi connectivity index (χ2v) is 3.45. The smallest absolute Gasteiger partial charge is 0.0790 e. The van der Waals surface area contributed by atoms with Crippen LogP contribution < -0.4 is 11.1 Å². The molecular formula is C11H18N2O2. The third-order valence-corrected chi connectivity index (χ3v) is 2.08. The summed E-state index contributed by atoms with van der Waals surface area (Å²) >= 11 is 0. The molecule has 0 aromatic heterocycles. The molecule has 4 heteroatoms. The molecule has 0 spiro atoms. The number of nitrogens with two attached hydrogens (primary N) is 1. The largest absolute Gasteiger partial charge is 0.399 e. The quantitative estimate of drug-likeness (QED) is 0.615. The van der Waals surface area contributed by atoms with Crippen molar-refractivity contribution in [3.05, 3.63) is 24.3 Å². The fourth-order valence-corrected chi connectivity index (χ4v) is 1.26. The van der Waals surface area contributed by atoms with Gasteiger partial charge >= 0.3 is 0 Å². The van der Waals surface area contributed by atoms with Crippen LogP contribution in [0.3, 0.4) is 0 Å². The molecule has 4 nitrogen and oxygen atoms in total. The zero-order chi connectivity index (χ0) is 11.1. The predicted molar refractivity (Wildman–Crippen MR) is 61.8 cm³/mol. The molecular weight excluding hydrogens is 192 g/mol. The van der Waals surface area contributed by atoms with Gasteiger partial charge in [-0.2, -0.15) is 0 Å². The van der Waals surface area contributed by atoms with Crippen LogP contribution >= 0.6 is 0 Å². The Hall–Kier alpha value is -1.26. The Balaban J connectivity index is 2.22. The van der Waals surface area contributed by atoms with Crippen molar-refractivity contribution >= 4 is 11.4 Å². The van der Waals surface area contributed by atoms with Crippen LogP contribution in [0.5, 0.6) is 0 Å². The Morgan fingerprint density at radius 2 is 2.07 bits per heavy atom. The predicted octanol–water partition coefficient (Wildman–Crippen LogP) is 1.08. The lowest BCUT2D eigenvalue weighted by Crippen LogP contribution is -2.18. The SMILES string of the molecule is COCC(O)CCNc1ccc(N)cc1. The summed E-state index contributed by atoms with van der Waals surface area (Å²) in [7, 11) is 1.58. The summed E-state index contributed by atoms with van der Waals surface area (Å²) in [6.07, 6.45) is 0.259. The molecule has 1 rings (SSSR count). The number of aliphatic hydroxyl groups excluding tert-OH is 1. The molecule has 0 amide bonds. The van der Waals surface area contributed by atoms with Crippen molar-refractivity contribution in [1.82, 2.24) is 0 Å². The van der Waals surface area contributed by atoms with Crippen molar-refractivity contribution in [3.8, 4) is 0 Å². The van der Waals surface area contributed by atoms with Gasteiger partial charge in [-0.05, 0) is 30.7 Å². The average molecular weight is 210 g/mol. The summed E-state index contributed by atoms with van der Waals surface area (Å²) in [4.78, 5) is 0. The lowest BCUT2D eigenvalue weighted by atomic mass is 10.2. The van der Waals surface area contributed by atoms with Crippen LogP contribution in [0.2, 0.25) is 0 Å². The summed E-state index contributed by atoms with van der Waals surface area (Å²) in [6, 6.07) is 7.51. The minimum absolute atomic E-state index is 0.378. The molecule has 1 atom stereocenters. The van der Waals surface area contributed by atoms with E-state index in [1.807, 2.05) is 24.3 Å². The molecule has 15 heavy (non-hydrogen) atoms. The van der Waals surface area contributed by atoms with E-state index in [4.69, 9.17) is 10.5 Å². The van der Waals surface area contributed by atoms with Crippen molar-refractivity contribution in [2.75, 3.05) is 31.3 Å². The van der Waals surface area contributed by atoms with Crippen LogP contribution in [-0.4, -0.2) is 31.5 Å². The fourth-order valence-electron chi connectivity index (χ4n) is 1.26. The summed E-state index contributed by atoms with van der Waals surface area (Å²) < 4.78 is 4.83. The van der Waals surface area contributed by atoms with Crippen LogP contribution in [-0.2, 0) is 4.74 Å². The first-order chi connectivity index (χ1) is 7.22. The van der Waals surface area contributed by atoms with Gasteiger partial charge in [-0.3, -0.25) is 0 Å². The number of hydrogen-bond donors (Lipinski definition) is 3. The Labute approximate surface area is 90.1 Å². The Morgan fingerprint density at radius 1 is 1.40 bits per heavy atom.